The smallest absolute Gasteiger partial charge is 0.261 e. The fraction of sp³-hybridized carbons (Fsp3) is 0.391. The van der Waals surface area contributed by atoms with Gasteiger partial charge in [0, 0.05) is 12.6 Å². The Morgan fingerprint density at radius 3 is 2.32 bits per heavy atom. The predicted molar refractivity (Wildman–Crippen MR) is 111 cm³/mol. The van der Waals surface area contributed by atoms with Gasteiger partial charge in [-0.05, 0) is 57.4 Å². The molecule has 1 N–H and O–H groups in total. The quantitative estimate of drug-likeness (QED) is 0.759. The zero-order valence-corrected chi connectivity index (χ0v) is 17.4. The van der Waals surface area contributed by atoms with E-state index in [0.717, 1.165) is 16.7 Å². The van der Waals surface area contributed by atoms with Crippen molar-refractivity contribution in [2.45, 2.75) is 53.2 Å². The molecule has 2 amide bonds. The number of amides is 2. The fourth-order valence-corrected chi connectivity index (χ4v) is 2.87. The van der Waals surface area contributed by atoms with E-state index >= 15 is 0 Å². The van der Waals surface area contributed by atoms with Gasteiger partial charge in [-0.25, -0.2) is 0 Å². The number of carbonyl (C=O) groups excluding carboxylic acids is 2. The summed E-state index contributed by atoms with van der Waals surface area (Å²) in [5.74, 6) is 0.287. The summed E-state index contributed by atoms with van der Waals surface area (Å²) in [5.41, 5.74) is 3.08. The van der Waals surface area contributed by atoms with Crippen LogP contribution >= 0.6 is 0 Å². The topological polar surface area (TPSA) is 58.6 Å². The summed E-state index contributed by atoms with van der Waals surface area (Å²) in [7, 11) is 0. The zero-order chi connectivity index (χ0) is 20.7. The molecule has 0 saturated heterocycles. The summed E-state index contributed by atoms with van der Waals surface area (Å²) < 4.78 is 5.79. The van der Waals surface area contributed by atoms with E-state index in [1.165, 1.54) is 0 Å². The highest BCUT2D eigenvalue weighted by atomic mass is 16.5. The molecular weight excluding hydrogens is 352 g/mol. The minimum Gasteiger partial charge on any atom is -0.483 e. The highest BCUT2D eigenvalue weighted by molar-refractivity contribution is 5.88. The Morgan fingerprint density at radius 1 is 1.00 bits per heavy atom. The summed E-state index contributed by atoms with van der Waals surface area (Å²) in [5, 5.41) is 2.88. The van der Waals surface area contributed by atoms with Gasteiger partial charge >= 0.3 is 0 Å². The van der Waals surface area contributed by atoms with E-state index in [-0.39, 0.29) is 24.5 Å². The Morgan fingerprint density at radius 2 is 1.68 bits per heavy atom. The van der Waals surface area contributed by atoms with Crippen LogP contribution in [0.2, 0.25) is 0 Å². The molecule has 0 heterocycles. The molecule has 2 aromatic rings. The lowest BCUT2D eigenvalue weighted by atomic mass is 10.1. The predicted octanol–water partition coefficient (Wildman–Crippen LogP) is 3.62. The van der Waals surface area contributed by atoms with Crippen LogP contribution in [0.1, 0.15) is 37.5 Å². The number of nitrogens with one attached hydrogen (secondary N) is 1. The maximum atomic E-state index is 13.0. The molecule has 0 aromatic heterocycles. The van der Waals surface area contributed by atoms with Crippen LogP contribution in [0.3, 0.4) is 0 Å². The molecule has 0 aliphatic heterocycles. The number of carbonyl (C=O) groups is 2. The van der Waals surface area contributed by atoms with Gasteiger partial charge in [0.2, 0.25) is 5.91 Å². The van der Waals surface area contributed by atoms with Gasteiger partial charge in [0.1, 0.15) is 11.8 Å². The minimum absolute atomic E-state index is 0.00909. The van der Waals surface area contributed by atoms with Crippen LogP contribution in [-0.4, -0.2) is 35.4 Å². The molecule has 0 radical (unpaired) electrons. The third kappa shape index (κ3) is 5.84. The van der Waals surface area contributed by atoms with Crippen molar-refractivity contribution in [1.29, 1.82) is 0 Å². The Hall–Kier alpha value is -2.82. The molecule has 2 aromatic carbocycles. The number of rotatable bonds is 8. The molecule has 28 heavy (non-hydrogen) atoms. The largest absolute Gasteiger partial charge is 0.483 e. The molecule has 1 atom stereocenters. The van der Waals surface area contributed by atoms with Crippen molar-refractivity contribution in [1.82, 2.24) is 10.2 Å². The molecule has 0 fully saturated rings. The molecule has 0 spiro atoms. The van der Waals surface area contributed by atoms with E-state index in [4.69, 9.17) is 4.74 Å². The molecule has 0 saturated carbocycles. The normalized spacial score (nSPS) is 11.8. The number of benzene rings is 2. The SMILES string of the molecule is Cc1cccc(OCC(=O)N(Cc2ccccc2)C(C)C(=O)NC(C)C)c1C. The van der Waals surface area contributed by atoms with Gasteiger partial charge in [0.25, 0.3) is 5.91 Å². The van der Waals surface area contributed by atoms with Crippen molar-refractivity contribution in [3.05, 3.63) is 65.2 Å². The molecule has 0 bridgehead atoms. The third-order valence-electron chi connectivity index (χ3n) is 4.70. The van der Waals surface area contributed by atoms with Gasteiger partial charge in [-0.1, -0.05) is 42.5 Å². The number of nitrogens with zero attached hydrogens (tertiary/aromatic N) is 1. The first-order valence-corrected chi connectivity index (χ1v) is 9.62. The van der Waals surface area contributed by atoms with Crippen LogP contribution < -0.4 is 10.1 Å². The third-order valence-corrected chi connectivity index (χ3v) is 4.70. The molecule has 5 heteroatoms. The first-order chi connectivity index (χ1) is 13.3. The molecule has 5 nitrogen and oxygen atoms in total. The van der Waals surface area contributed by atoms with E-state index in [1.807, 2.05) is 76.2 Å². The van der Waals surface area contributed by atoms with Gasteiger partial charge in [-0.2, -0.15) is 0 Å². The van der Waals surface area contributed by atoms with Crippen molar-refractivity contribution < 1.29 is 14.3 Å². The Balaban J connectivity index is 2.15. The molecular formula is C23H30N2O3. The molecule has 2 rings (SSSR count). The van der Waals surface area contributed by atoms with E-state index in [9.17, 15) is 9.59 Å². The second kappa shape index (κ2) is 9.93. The van der Waals surface area contributed by atoms with Crippen LogP contribution in [0.4, 0.5) is 0 Å². The zero-order valence-electron chi connectivity index (χ0n) is 17.4. The standard InChI is InChI=1S/C23H30N2O3/c1-16(2)24-23(27)19(5)25(14-20-11-7-6-8-12-20)22(26)15-28-21-13-9-10-17(3)18(21)4/h6-13,16,19H,14-15H2,1-5H3,(H,24,27). The fourth-order valence-electron chi connectivity index (χ4n) is 2.87. The maximum absolute atomic E-state index is 13.0. The van der Waals surface area contributed by atoms with Crippen LogP contribution in [0.5, 0.6) is 5.75 Å². The average molecular weight is 383 g/mol. The summed E-state index contributed by atoms with van der Waals surface area (Å²) in [6.07, 6.45) is 0. The minimum atomic E-state index is -0.600. The van der Waals surface area contributed by atoms with Gasteiger partial charge in [0.05, 0.1) is 0 Å². The lowest BCUT2D eigenvalue weighted by molar-refractivity contribution is -0.142. The second-order valence-electron chi connectivity index (χ2n) is 7.33. The van der Waals surface area contributed by atoms with Crippen LogP contribution in [-0.2, 0) is 16.1 Å². The lowest BCUT2D eigenvalue weighted by Crippen LogP contribution is -2.50. The van der Waals surface area contributed by atoms with E-state index in [2.05, 4.69) is 5.32 Å². The highest BCUT2D eigenvalue weighted by Crippen LogP contribution is 2.21. The van der Waals surface area contributed by atoms with Crippen molar-refractivity contribution >= 4 is 11.8 Å². The Kier molecular flexibility index (Phi) is 7.61. The second-order valence-corrected chi connectivity index (χ2v) is 7.33. The maximum Gasteiger partial charge on any atom is 0.261 e. The highest BCUT2D eigenvalue weighted by Gasteiger charge is 2.27. The first kappa shape index (κ1) is 21.5. The summed E-state index contributed by atoms with van der Waals surface area (Å²) >= 11 is 0. The number of hydrogen-bond donors (Lipinski definition) is 1. The van der Waals surface area contributed by atoms with E-state index < -0.39 is 6.04 Å². The van der Waals surface area contributed by atoms with E-state index in [1.54, 1.807) is 11.8 Å². The van der Waals surface area contributed by atoms with Crippen LogP contribution in [0.25, 0.3) is 0 Å². The van der Waals surface area contributed by atoms with E-state index in [0.29, 0.717) is 12.3 Å². The molecule has 0 aliphatic rings. The lowest BCUT2D eigenvalue weighted by Gasteiger charge is -2.29. The summed E-state index contributed by atoms with van der Waals surface area (Å²) in [6.45, 7) is 9.75. The summed E-state index contributed by atoms with van der Waals surface area (Å²) in [4.78, 5) is 27.1. The first-order valence-electron chi connectivity index (χ1n) is 9.62. The molecule has 150 valence electrons. The number of hydrogen-bond acceptors (Lipinski definition) is 3. The summed E-state index contributed by atoms with van der Waals surface area (Å²) in [6, 6.07) is 14.8. The van der Waals surface area contributed by atoms with Crippen LogP contribution in [0.15, 0.2) is 48.5 Å². The average Bonchev–Trinajstić information content (AvgIpc) is 2.66. The van der Waals surface area contributed by atoms with Crippen molar-refractivity contribution in [3.8, 4) is 5.75 Å². The number of ether oxygens (including phenoxy) is 1. The van der Waals surface area contributed by atoms with Gasteiger partial charge in [-0.3, -0.25) is 9.59 Å². The van der Waals surface area contributed by atoms with Crippen LogP contribution in [0, 0.1) is 13.8 Å². The monoisotopic (exact) mass is 382 g/mol. The van der Waals surface area contributed by atoms with Crippen molar-refractivity contribution in [2.75, 3.05) is 6.61 Å². The Bertz CT molecular complexity index is 803. The molecule has 0 aliphatic carbocycles. The molecule has 1 unspecified atom stereocenters. The number of aryl methyl sites for hydroxylation is 1. The van der Waals surface area contributed by atoms with Gasteiger partial charge < -0.3 is 15.0 Å². The van der Waals surface area contributed by atoms with Crippen molar-refractivity contribution in [3.63, 3.8) is 0 Å². The Labute approximate surface area is 167 Å². The van der Waals surface area contributed by atoms with Gasteiger partial charge in [-0.15, -0.1) is 0 Å². The van der Waals surface area contributed by atoms with Gasteiger partial charge in [0.15, 0.2) is 6.61 Å². The van der Waals surface area contributed by atoms with Crippen molar-refractivity contribution in [2.24, 2.45) is 0 Å².